The number of hydrogen-bond acceptors (Lipinski definition) is 6. The van der Waals surface area contributed by atoms with Crippen LogP contribution in [0.3, 0.4) is 0 Å². The normalized spacial score (nSPS) is 23.8. The Kier molecular flexibility index (Phi) is 3.47. The molecule has 1 spiro atoms. The van der Waals surface area contributed by atoms with E-state index >= 15 is 0 Å². The van der Waals surface area contributed by atoms with Crippen molar-refractivity contribution < 1.29 is 9.53 Å². The summed E-state index contributed by atoms with van der Waals surface area (Å²) in [5.74, 6) is 0.819. The monoisotopic (exact) mass is 370 g/mol. The van der Waals surface area contributed by atoms with Gasteiger partial charge in [0.1, 0.15) is 11.4 Å². The highest BCUT2D eigenvalue weighted by molar-refractivity contribution is 7.15. The Hall–Kier alpha value is -2.41. The van der Waals surface area contributed by atoms with Gasteiger partial charge in [-0.3, -0.25) is 9.69 Å². The Bertz CT molecular complexity index is 962. The van der Waals surface area contributed by atoms with E-state index in [1.54, 1.807) is 18.4 Å². The predicted molar refractivity (Wildman–Crippen MR) is 102 cm³/mol. The van der Waals surface area contributed by atoms with Gasteiger partial charge in [0.25, 0.3) is 5.91 Å². The second-order valence-electron chi connectivity index (χ2n) is 7.59. The first-order chi connectivity index (χ1) is 12.1. The summed E-state index contributed by atoms with van der Waals surface area (Å²) in [6.45, 7) is 7.94. The van der Waals surface area contributed by atoms with Gasteiger partial charge in [-0.05, 0) is 51.5 Å². The van der Waals surface area contributed by atoms with E-state index in [1.807, 2.05) is 45.9 Å². The van der Waals surface area contributed by atoms with Gasteiger partial charge in [-0.2, -0.15) is 0 Å². The smallest absolute Gasteiger partial charge is 0.261 e. The lowest BCUT2D eigenvalue weighted by molar-refractivity contribution is -0.133. The number of guanidine groups is 1. The molecule has 26 heavy (non-hydrogen) atoms. The number of hydrogen-bond donors (Lipinski definition) is 1. The minimum Gasteiger partial charge on any atom is -0.487 e. The number of aryl methyl sites for hydroxylation is 2. The van der Waals surface area contributed by atoms with Gasteiger partial charge in [0, 0.05) is 19.0 Å². The highest BCUT2D eigenvalue weighted by Crippen LogP contribution is 2.50. The van der Waals surface area contributed by atoms with Crippen molar-refractivity contribution >= 4 is 23.2 Å². The summed E-state index contributed by atoms with van der Waals surface area (Å²) < 4.78 is 6.16. The number of nitrogens with zero attached hydrogens (tertiary/aromatic N) is 3. The van der Waals surface area contributed by atoms with Gasteiger partial charge < -0.3 is 10.5 Å². The third-order valence-electron chi connectivity index (χ3n) is 4.97. The quantitative estimate of drug-likeness (QED) is 0.837. The van der Waals surface area contributed by atoms with Gasteiger partial charge in [0.05, 0.1) is 15.6 Å². The van der Waals surface area contributed by atoms with Crippen LogP contribution in [0.25, 0.3) is 10.4 Å². The number of ether oxygens (including phenoxy) is 1. The molecule has 0 radical (unpaired) electrons. The molecule has 2 N–H and O–H groups in total. The molecule has 0 bridgehead atoms. The number of benzene rings is 1. The summed E-state index contributed by atoms with van der Waals surface area (Å²) in [7, 11) is 1.67. The number of rotatable bonds is 1. The van der Waals surface area contributed by atoms with Crippen LogP contribution in [-0.4, -0.2) is 34.4 Å². The average molecular weight is 370 g/mol. The Morgan fingerprint density at radius 1 is 1.31 bits per heavy atom. The van der Waals surface area contributed by atoms with Crippen LogP contribution in [0.4, 0.5) is 0 Å². The van der Waals surface area contributed by atoms with E-state index in [4.69, 9.17) is 10.5 Å². The maximum Gasteiger partial charge on any atom is 0.261 e. The fraction of sp³-hybridized carbons (Fsp3) is 0.421. The molecule has 0 aliphatic carbocycles. The first kappa shape index (κ1) is 17.0. The zero-order valence-corrected chi connectivity index (χ0v) is 16.4. The van der Waals surface area contributed by atoms with E-state index in [2.05, 4.69) is 9.98 Å². The molecule has 0 fully saturated rings. The van der Waals surface area contributed by atoms with Gasteiger partial charge in [-0.15, -0.1) is 11.3 Å². The Balaban J connectivity index is 1.94. The highest BCUT2D eigenvalue weighted by atomic mass is 32.1. The summed E-state index contributed by atoms with van der Waals surface area (Å²) in [6.07, 6.45) is 0.445. The third kappa shape index (κ3) is 2.34. The van der Waals surface area contributed by atoms with E-state index < -0.39 is 11.1 Å². The molecule has 1 aromatic carbocycles. The Labute approximate surface area is 156 Å². The molecule has 4 rings (SSSR count). The van der Waals surface area contributed by atoms with E-state index in [0.29, 0.717) is 12.2 Å². The van der Waals surface area contributed by atoms with Crippen molar-refractivity contribution in [2.24, 2.45) is 10.7 Å². The molecule has 7 heteroatoms. The zero-order valence-electron chi connectivity index (χ0n) is 15.6. The second-order valence-corrected chi connectivity index (χ2v) is 8.79. The topological polar surface area (TPSA) is 80.8 Å². The number of nitrogens with two attached hydrogens (primary N) is 1. The summed E-state index contributed by atoms with van der Waals surface area (Å²) in [4.78, 5) is 24.8. The van der Waals surface area contributed by atoms with Crippen molar-refractivity contribution in [3.63, 3.8) is 0 Å². The molecule has 1 aromatic heterocycles. The highest BCUT2D eigenvalue weighted by Gasteiger charge is 2.55. The van der Waals surface area contributed by atoms with Gasteiger partial charge in [0.15, 0.2) is 11.5 Å². The fourth-order valence-electron chi connectivity index (χ4n) is 3.92. The summed E-state index contributed by atoms with van der Waals surface area (Å²) in [5.41, 5.74) is 7.23. The zero-order chi connectivity index (χ0) is 18.9. The molecular formula is C19H22N4O2S. The molecule has 0 saturated carbocycles. The van der Waals surface area contributed by atoms with Crippen LogP contribution in [0.2, 0.25) is 0 Å². The summed E-state index contributed by atoms with van der Waals surface area (Å²) >= 11 is 1.64. The minimum absolute atomic E-state index is 0.109. The largest absolute Gasteiger partial charge is 0.487 e. The predicted octanol–water partition coefficient (Wildman–Crippen LogP) is 2.97. The molecule has 6 nitrogen and oxygen atoms in total. The molecule has 1 amide bonds. The molecule has 2 aromatic rings. The molecule has 1 unspecified atom stereocenters. The second kappa shape index (κ2) is 5.30. The summed E-state index contributed by atoms with van der Waals surface area (Å²) in [6, 6.07) is 5.96. The van der Waals surface area contributed by atoms with Crippen molar-refractivity contribution in [1.29, 1.82) is 0 Å². The number of carbonyl (C=O) groups is 1. The van der Waals surface area contributed by atoms with Crippen molar-refractivity contribution in [2.45, 2.75) is 45.3 Å². The van der Waals surface area contributed by atoms with Gasteiger partial charge >= 0.3 is 0 Å². The number of thiazole rings is 1. The lowest BCUT2D eigenvalue weighted by atomic mass is 9.77. The van der Waals surface area contributed by atoms with Crippen molar-refractivity contribution in [3.8, 4) is 16.2 Å². The van der Waals surface area contributed by atoms with Gasteiger partial charge in [-0.25, -0.2) is 9.98 Å². The first-order valence-electron chi connectivity index (χ1n) is 8.54. The van der Waals surface area contributed by atoms with Crippen LogP contribution in [0, 0.1) is 13.8 Å². The van der Waals surface area contributed by atoms with Crippen LogP contribution in [-0.2, 0) is 10.3 Å². The van der Waals surface area contributed by atoms with Crippen LogP contribution >= 0.6 is 11.3 Å². The number of amides is 1. The Morgan fingerprint density at radius 2 is 2.04 bits per heavy atom. The number of aromatic nitrogens is 1. The molecule has 2 aliphatic rings. The number of likely N-dealkylation sites (N-methyl/N-ethyl adjacent to an activating group) is 1. The van der Waals surface area contributed by atoms with E-state index in [1.165, 1.54) is 4.90 Å². The maximum atomic E-state index is 13.1. The van der Waals surface area contributed by atoms with Gasteiger partial charge in [0.2, 0.25) is 0 Å². The summed E-state index contributed by atoms with van der Waals surface area (Å²) in [5, 5.41) is 1.02. The molecule has 0 saturated heterocycles. The molecular weight excluding hydrogens is 348 g/mol. The number of fused-ring (bicyclic) bond motifs is 2. The minimum atomic E-state index is -1.03. The molecule has 1 atom stereocenters. The van der Waals surface area contributed by atoms with Crippen LogP contribution in [0.5, 0.6) is 5.75 Å². The molecule has 2 aliphatic heterocycles. The maximum absolute atomic E-state index is 13.1. The Morgan fingerprint density at radius 3 is 2.62 bits per heavy atom. The van der Waals surface area contributed by atoms with Gasteiger partial charge in [-0.1, -0.05) is 0 Å². The first-order valence-corrected chi connectivity index (χ1v) is 9.36. The van der Waals surface area contributed by atoms with E-state index in [-0.39, 0.29) is 11.9 Å². The molecule has 136 valence electrons. The van der Waals surface area contributed by atoms with Crippen molar-refractivity contribution in [2.75, 3.05) is 7.05 Å². The number of carbonyl (C=O) groups excluding carboxylic acids is 1. The van der Waals surface area contributed by atoms with Crippen molar-refractivity contribution in [1.82, 2.24) is 9.88 Å². The lowest BCUT2D eigenvalue weighted by Crippen LogP contribution is -2.49. The van der Waals surface area contributed by atoms with Crippen molar-refractivity contribution in [3.05, 3.63) is 34.5 Å². The average Bonchev–Trinajstić information content (AvgIpc) is 2.99. The fourth-order valence-corrected chi connectivity index (χ4v) is 4.83. The standard InChI is InChI=1S/C19H22N4O2S/c1-10-15(26-11(2)21-10)12-6-7-14-13(8-12)19(9-18(3,4)25-14)16(24)23(5)17(20)22-19/h6-8H,9H2,1-5H3,(H2,20,22). The van der Waals surface area contributed by atoms with E-state index in [9.17, 15) is 4.79 Å². The lowest BCUT2D eigenvalue weighted by Gasteiger charge is -2.41. The van der Waals surface area contributed by atoms with E-state index in [0.717, 1.165) is 26.7 Å². The SMILES string of the molecule is Cc1nc(C)c(-c2ccc3c(c2)C2(CC(C)(C)O3)N=C(N)N(C)C2=O)s1. The number of aliphatic imine (C=N–C) groups is 1. The van der Waals surface area contributed by atoms with Crippen LogP contribution in [0.1, 0.15) is 36.5 Å². The third-order valence-corrected chi connectivity index (χ3v) is 6.09. The molecule has 3 heterocycles. The van der Waals surface area contributed by atoms with Crippen LogP contribution < -0.4 is 10.5 Å². The van der Waals surface area contributed by atoms with Crippen LogP contribution in [0.15, 0.2) is 23.2 Å².